The van der Waals surface area contributed by atoms with Crippen LogP contribution in [0.5, 0.6) is 0 Å². The minimum absolute atomic E-state index is 0.126. The molecule has 11 rings (SSSR count). The van der Waals surface area contributed by atoms with Crippen molar-refractivity contribution in [1.82, 2.24) is 15.0 Å². The largest absolute Gasteiger partial charge is 0.208 e. The molecule has 0 bridgehead atoms. The number of benzene rings is 8. The quantitative estimate of drug-likeness (QED) is 0.176. The average Bonchev–Trinajstić information content (AvgIpc) is 3.60. The predicted molar refractivity (Wildman–Crippen MR) is 236 cm³/mol. The maximum Gasteiger partial charge on any atom is 0.164 e. The Kier molecular flexibility index (Phi) is 7.74. The highest BCUT2D eigenvalue weighted by molar-refractivity contribution is 5.96. The Bertz CT molecular complexity index is 2910. The maximum atomic E-state index is 4.99. The van der Waals surface area contributed by atoms with E-state index in [0.29, 0.717) is 17.5 Å². The first-order chi connectivity index (χ1) is 28.5. The van der Waals surface area contributed by atoms with Crippen molar-refractivity contribution < 1.29 is 0 Å². The molecule has 274 valence electrons. The highest BCUT2D eigenvalue weighted by Gasteiger charge is 2.53. The molecule has 8 aromatic carbocycles. The first kappa shape index (κ1) is 34.1. The fraction of sp³-hybridized carbons (Fsp3) is 0.0727. The van der Waals surface area contributed by atoms with Crippen LogP contribution in [0.4, 0.5) is 0 Å². The number of aromatic nitrogens is 3. The third-order valence-electron chi connectivity index (χ3n) is 12.4. The third-order valence-corrected chi connectivity index (χ3v) is 12.4. The number of hydrogen-bond acceptors (Lipinski definition) is 3. The number of rotatable bonds is 5. The molecule has 0 amide bonds. The van der Waals surface area contributed by atoms with Gasteiger partial charge in [0.1, 0.15) is 0 Å². The summed E-state index contributed by atoms with van der Waals surface area (Å²) in [6.07, 6.45) is 0. The Morgan fingerprint density at radius 2 is 0.707 bits per heavy atom. The molecule has 3 nitrogen and oxygen atoms in total. The van der Waals surface area contributed by atoms with Crippen molar-refractivity contribution in [1.29, 1.82) is 0 Å². The summed E-state index contributed by atoms with van der Waals surface area (Å²) in [4.78, 5) is 14.9. The molecule has 1 heterocycles. The van der Waals surface area contributed by atoms with E-state index in [4.69, 9.17) is 15.0 Å². The second kappa shape index (κ2) is 13.2. The zero-order chi connectivity index (χ0) is 38.8. The van der Waals surface area contributed by atoms with Crippen molar-refractivity contribution in [3.8, 4) is 67.5 Å². The fourth-order valence-electron chi connectivity index (χ4n) is 9.77. The van der Waals surface area contributed by atoms with Gasteiger partial charge in [-0.3, -0.25) is 0 Å². The number of hydrogen-bond donors (Lipinski definition) is 0. The lowest BCUT2D eigenvalue weighted by molar-refractivity contribution is 0.563. The second-order valence-electron chi connectivity index (χ2n) is 15.9. The molecule has 2 aliphatic carbocycles. The van der Waals surface area contributed by atoms with Gasteiger partial charge in [-0.2, -0.15) is 0 Å². The Balaban J connectivity index is 1.02. The first-order valence-corrected chi connectivity index (χ1v) is 20.0. The van der Waals surface area contributed by atoms with E-state index in [1.165, 1.54) is 55.6 Å². The van der Waals surface area contributed by atoms with Crippen molar-refractivity contribution in [2.75, 3.05) is 0 Å². The summed E-state index contributed by atoms with van der Waals surface area (Å²) in [5.41, 5.74) is 17.8. The van der Waals surface area contributed by atoms with Gasteiger partial charge in [0.2, 0.25) is 0 Å². The normalized spacial score (nSPS) is 14.0. The van der Waals surface area contributed by atoms with E-state index in [1.54, 1.807) is 0 Å². The van der Waals surface area contributed by atoms with Crippen molar-refractivity contribution >= 4 is 0 Å². The van der Waals surface area contributed by atoms with Gasteiger partial charge >= 0.3 is 0 Å². The minimum Gasteiger partial charge on any atom is -0.208 e. The van der Waals surface area contributed by atoms with E-state index >= 15 is 0 Å². The van der Waals surface area contributed by atoms with Gasteiger partial charge in [-0.25, -0.2) is 15.0 Å². The van der Waals surface area contributed by atoms with Crippen LogP contribution in [-0.2, 0) is 10.8 Å². The highest BCUT2D eigenvalue weighted by atomic mass is 15.0. The summed E-state index contributed by atoms with van der Waals surface area (Å²) in [5.74, 6) is 1.96. The lowest BCUT2D eigenvalue weighted by Crippen LogP contribution is -2.40. The Morgan fingerprint density at radius 1 is 0.293 bits per heavy atom. The van der Waals surface area contributed by atoms with Crippen LogP contribution in [-0.4, -0.2) is 15.0 Å². The Hall–Kier alpha value is -7.23. The molecule has 1 spiro atoms. The molecule has 2 aliphatic rings. The average molecular weight is 742 g/mol. The minimum atomic E-state index is -0.416. The Labute approximate surface area is 339 Å². The lowest BCUT2D eigenvalue weighted by atomic mass is 9.55. The molecule has 0 atom stereocenters. The van der Waals surface area contributed by atoms with Crippen LogP contribution in [0.15, 0.2) is 200 Å². The van der Waals surface area contributed by atoms with Crippen LogP contribution in [0.25, 0.3) is 67.5 Å². The van der Waals surface area contributed by atoms with Gasteiger partial charge in [0.25, 0.3) is 0 Å². The maximum absolute atomic E-state index is 4.99. The predicted octanol–water partition coefficient (Wildman–Crippen LogP) is 13.2. The third kappa shape index (κ3) is 5.10. The molecule has 0 radical (unpaired) electrons. The van der Waals surface area contributed by atoms with E-state index < -0.39 is 5.41 Å². The molecular formula is C55H39N3. The molecule has 58 heavy (non-hydrogen) atoms. The summed E-state index contributed by atoms with van der Waals surface area (Å²) in [7, 11) is 0. The van der Waals surface area contributed by atoms with Gasteiger partial charge in [0.15, 0.2) is 17.5 Å². The molecule has 9 aromatic rings. The summed E-state index contributed by atoms with van der Waals surface area (Å²) < 4.78 is 0. The summed E-state index contributed by atoms with van der Waals surface area (Å²) in [6.45, 7) is 4.75. The van der Waals surface area contributed by atoms with Gasteiger partial charge in [-0.05, 0) is 72.8 Å². The van der Waals surface area contributed by atoms with E-state index in [0.717, 1.165) is 27.8 Å². The van der Waals surface area contributed by atoms with E-state index in [9.17, 15) is 0 Å². The second-order valence-corrected chi connectivity index (χ2v) is 15.9. The molecule has 0 aliphatic heterocycles. The molecule has 0 fully saturated rings. The highest BCUT2D eigenvalue weighted by Crippen LogP contribution is 2.63. The number of nitrogens with zero attached hydrogens (tertiary/aromatic N) is 3. The van der Waals surface area contributed by atoms with Gasteiger partial charge < -0.3 is 0 Å². The molecule has 0 N–H and O–H groups in total. The number of fused-ring (bicyclic) bond motifs is 9. The van der Waals surface area contributed by atoms with Crippen LogP contribution >= 0.6 is 0 Å². The van der Waals surface area contributed by atoms with Crippen LogP contribution in [0.1, 0.15) is 47.2 Å². The topological polar surface area (TPSA) is 38.7 Å². The fourth-order valence-corrected chi connectivity index (χ4v) is 9.77. The van der Waals surface area contributed by atoms with Gasteiger partial charge in [0.05, 0.1) is 5.41 Å². The molecule has 3 heteroatoms. The van der Waals surface area contributed by atoms with Crippen LogP contribution in [0.2, 0.25) is 0 Å². The molecule has 0 unspecified atom stereocenters. The monoisotopic (exact) mass is 741 g/mol. The smallest absolute Gasteiger partial charge is 0.164 e. The van der Waals surface area contributed by atoms with Crippen LogP contribution in [0, 0.1) is 0 Å². The summed E-state index contributed by atoms with van der Waals surface area (Å²) in [6, 6.07) is 72.1. The van der Waals surface area contributed by atoms with E-state index in [1.807, 2.05) is 60.7 Å². The van der Waals surface area contributed by atoms with Crippen molar-refractivity contribution in [3.63, 3.8) is 0 Å². The summed E-state index contributed by atoms with van der Waals surface area (Å²) in [5, 5.41) is 0. The van der Waals surface area contributed by atoms with Gasteiger partial charge in [-0.15, -0.1) is 0 Å². The first-order valence-electron chi connectivity index (χ1n) is 20.0. The summed E-state index contributed by atoms with van der Waals surface area (Å²) >= 11 is 0. The van der Waals surface area contributed by atoms with Crippen molar-refractivity contribution in [2.45, 2.75) is 24.7 Å². The molecular weight excluding hydrogens is 703 g/mol. The zero-order valence-electron chi connectivity index (χ0n) is 32.4. The zero-order valence-corrected chi connectivity index (χ0v) is 32.4. The molecule has 0 saturated heterocycles. The van der Waals surface area contributed by atoms with Crippen LogP contribution in [0.3, 0.4) is 0 Å². The van der Waals surface area contributed by atoms with Crippen molar-refractivity contribution in [3.05, 3.63) is 234 Å². The van der Waals surface area contributed by atoms with E-state index in [2.05, 4.69) is 153 Å². The van der Waals surface area contributed by atoms with Crippen LogP contribution < -0.4 is 0 Å². The molecule has 1 aromatic heterocycles. The molecule has 0 saturated carbocycles. The lowest BCUT2D eigenvalue weighted by Gasteiger charge is -2.46. The van der Waals surface area contributed by atoms with E-state index in [-0.39, 0.29) is 5.41 Å². The van der Waals surface area contributed by atoms with Gasteiger partial charge in [0, 0.05) is 22.1 Å². The van der Waals surface area contributed by atoms with Crippen molar-refractivity contribution in [2.24, 2.45) is 0 Å². The SMILES string of the molecule is CC1(C)c2ccccc2C2(c3ccccc3-c3c(-c4ccc(-c5cccc(-c6nc(-c7ccccc7)nc(-c7ccccc7)n6)c5)cc4)cccc32)c2ccccc21. The Morgan fingerprint density at radius 3 is 1.31 bits per heavy atom. The van der Waals surface area contributed by atoms with Gasteiger partial charge in [-0.1, -0.05) is 208 Å². The standard InChI is InChI=1S/C55H39N3/c1-54(2)45-26-11-13-28-47(45)55(48-29-14-12-27-46(48)54)44-25-10-9-23-43(44)50-42(24-16-30-49(50)55)37-33-31-36(32-34-37)40-21-15-22-41(35-40)53-57-51(38-17-5-3-6-18-38)56-52(58-53)39-19-7-4-8-20-39/h3-35H,1-2H3.